The molecule has 0 amide bonds. The molecule has 2 aliphatic rings. The molecule has 1 aromatic carbocycles. The third-order valence-corrected chi connectivity index (χ3v) is 7.58. The van der Waals surface area contributed by atoms with E-state index in [1.54, 1.807) is 11.8 Å². The number of allylic oxidation sites excluding steroid dienone is 1. The minimum absolute atomic E-state index is 0.608. The zero-order chi connectivity index (χ0) is 21.1. The SMILES string of the molecule is C=C(/N=C\C1=C(N)c2cc(CN3CCNCC3)sc2CS1)Nc1cc(C)cc(C)c1. The molecule has 2 aromatic rings. The number of thiophene rings is 1. The van der Waals surface area contributed by atoms with E-state index in [0.717, 1.165) is 54.8 Å². The van der Waals surface area contributed by atoms with Crippen LogP contribution in [-0.2, 0) is 12.3 Å². The predicted molar refractivity (Wildman–Crippen MR) is 132 cm³/mol. The largest absolute Gasteiger partial charge is 0.397 e. The monoisotopic (exact) mass is 439 g/mol. The van der Waals surface area contributed by atoms with Gasteiger partial charge in [-0.2, -0.15) is 0 Å². The van der Waals surface area contributed by atoms with Crippen molar-refractivity contribution in [2.45, 2.75) is 26.1 Å². The van der Waals surface area contributed by atoms with Crippen molar-refractivity contribution in [3.8, 4) is 0 Å². The van der Waals surface area contributed by atoms with Crippen molar-refractivity contribution in [1.29, 1.82) is 0 Å². The van der Waals surface area contributed by atoms with Crippen LogP contribution in [0.4, 0.5) is 5.69 Å². The number of aliphatic imine (C=N–C) groups is 1. The van der Waals surface area contributed by atoms with Gasteiger partial charge in [0, 0.05) is 70.6 Å². The summed E-state index contributed by atoms with van der Waals surface area (Å²) >= 11 is 3.64. The molecule has 0 spiro atoms. The number of fused-ring (bicyclic) bond motifs is 1. The van der Waals surface area contributed by atoms with E-state index in [9.17, 15) is 0 Å². The van der Waals surface area contributed by atoms with Gasteiger partial charge in [-0.25, -0.2) is 4.99 Å². The topological polar surface area (TPSA) is 65.7 Å². The molecule has 4 N–H and O–H groups in total. The van der Waals surface area contributed by atoms with Gasteiger partial charge in [-0.15, -0.1) is 23.1 Å². The molecule has 1 saturated heterocycles. The molecule has 0 radical (unpaired) electrons. The number of benzene rings is 1. The van der Waals surface area contributed by atoms with Crippen LogP contribution in [0.1, 0.15) is 26.4 Å². The summed E-state index contributed by atoms with van der Waals surface area (Å²) in [6.07, 6.45) is 1.84. The maximum atomic E-state index is 6.52. The van der Waals surface area contributed by atoms with Crippen molar-refractivity contribution in [2.75, 3.05) is 31.5 Å². The van der Waals surface area contributed by atoms with Gasteiger partial charge in [0.05, 0.1) is 5.70 Å². The van der Waals surface area contributed by atoms with Crippen LogP contribution in [0.3, 0.4) is 0 Å². The van der Waals surface area contributed by atoms with Gasteiger partial charge in [-0.1, -0.05) is 12.6 Å². The van der Waals surface area contributed by atoms with Crippen molar-refractivity contribution >= 4 is 40.7 Å². The molecular formula is C23H29N5S2. The standard InChI is InChI=1S/C23H29N5S2/c1-15-8-16(2)10-18(9-15)27-17(3)26-12-21-23(24)20-11-19(30-22(20)14-29-21)13-28-6-4-25-5-7-28/h8-12,25,27H,3-7,13-14,24H2,1-2H3/b26-12-. The maximum absolute atomic E-state index is 6.52. The highest BCUT2D eigenvalue weighted by atomic mass is 32.2. The minimum atomic E-state index is 0.608. The van der Waals surface area contributed by atoms with Crippen LogP contribution in [0.5, 0.6) is 0 Å². The smallest absolute Gasteiger partial charge is 0.123 e. The fourth-order valence-corrected chi connectivity index (χ4v) is 6.10. The second-order valence-electron chi connectivity index (χ2n) is 7.85. The Morgan fingerprint density at radius 3 is 2.70 bits per heavy atom. The van der Waals surface area contributed by atoms with E-state index in [1.807, 2.05) is 17.6 Å². The molecule has 0 aliphatic carbocycles. The van der Waals surface area contributed by atoms with E-state index in [4.69, 9.17) is 5.73 Å². The van der Waals surface area contributed by atoms with Gasteiger partial charge in [0.15, 0.2) is 0 Å². The third kappa shape index (κ3) is 5.16. The first kappa shape index (κ1) is 21.2. The van der Waals surface area contributed by atoms with E-state index in [1.165, 1.54) is 26.4 Å². The lowest BCUT2D eigenvalue weighted by Gasteiger charge is -2.26. The van der Waals surface area contributed by atoms with E-state index < -0.39 is 0 Å². The Labute approximate surface area is 187 Å². The molecule has 0 atom stereocenters. The van der Waals surface area contributed by atoms with E-state index in [0.29, 0.717) is 5.82 Å². The zero-order valence-electron chi connectivity index (χ0n) is 17.6. The molecule has 3 heterocycles. The Kier molecular flexibility index (Phi) is 6.63. The third-order valence-electron chi connectivity index (χ3n) is 5.21. The lowest BCUT2D eigenvalue weighted by atomic mass is 10.1. The van der Waals surface area contributed by atoms with Gasteiger partial charge >= 0.3 is 0 Å². The molecule has 0 bridgehead atoms. The molecule has 7 heteroatoms. The number of hydrogen-bond donors (Lipinski definition) is 3. The van der Waals surface area contributed by atoms with E-state index in [-0.39, 0.29) is 0 Å². The average molecular weight is 440 g/mol. The van der Waals surface area contributed by atoms with Gasteiger partial charge in [0.25, 0.3) is 0 Å². The molecule has 0 unspecified atom stereocenters. The zero-order valence-corrected chi connectivity index (χ0v) is 19.3. The van der Waals surface area contributed by atoms with Crippen LogP contribution in [0, 0.1) is 13.8 Å². The summed E-state index contributed by atoms with van der Waals surface area (Å²) in [6, 6.07) is 8.60. The van der Waals surface area contributed by atoms with Crippen LogP contribution in [0.15, 0.2) is 46.6 Å². The van der Waals surface area contributed by atoms with Crippen LogP contribution < -0.4 is 16.4 Å². The molecule has 158 valence electrons. The van der Waals surface area contributed by atoms with Gasteiger partial charge in [0.1, 0.15) is 5.82 Å². The number of piperazine rings is 1. The van der Waals surface area contributed by atoms with Crippen LogP contribution in [-0.4, -0.2) is 37.3 Å². The fourth-order valence-electron chi connectivity index (χ4n) is 3.83. The van der Waals surface area contributed by atoms with Crippen molar-refractivity contribution in [3.63, 3.8) is 0 Å². The molecule has 2 aliphatic heterocycles. The van der Waals surface area contributed by atoms with Gasteiger partial charge < -0.3 is 16.4 Å². The predicted octanol–water partition coefficient (Wildman–Crippen LogP) is 4.30. The van der Waals surface area contributed by atoms with Gasteiger partial charge in [0.2, 0.25) is 0 Å². The Bertz CT molecular complexity index is 979. The number of nitrogens with two attached hydrogens (primary N) is 1. The number of thioether (sulfide) groups is 1. The summed E-state index contributed by atoms with van der Waals surface area (Å²) in [7, 11) is 0. The highest BCUT2D eigenvalue weighted by molar-refractivity contribution is 8.03. The average Bonchev–Trinajstić information content (AvgIpc) is 3.11. The molecule has 5 nitrogen and oxygen atoms in total. The number of aryl methyl sites for hydroxylation is 2. The highest BCUT2D eigenvalue weighted by Gasteiger charge is 2.21. The number of nitrogens with one attached hydrogen (secondary N) is 2. The summed E-state index contributed by atoms with van der Waals surface area (Å²) in [4.78, 5) is 10.8. The van der Waals surface area contributed by atoms with Crippen molar-refractivity contribution in [3.05, 3.63) is 68.0 Å². The molecule has 4 rings (SSSR count). The van der Waals surface area contributed by atoms with Crippen LogP contribution in [0.25, 0.3) is 5.70 Å². The lowest BCUT2D eigenvalue weighted by molar-refractivity contribution is 0.235. The Morgan fingerprint density at radius 1 is 1.23 bits per heavy atom. The van der Waals surface area contributed by atoms with Crippen molar-refractivity contribution < 1.29 is 0 Å². The van der Waals surface area contributed by atoms with E-state index in [2.05, 4.69) is 65.2 Å². The second-order valence-corrected chi connectivity index (χ2v) is 10.1. The van der Waals surface area contributed by atoms with Gasteiger partial charge in [-0.05, 0) is 43.2 Å². The summed E-state index contributed by atoms with van der Waals surface area (Å²) in [5, 5.41) is 6.68. The first-order valence-corrected chi connectivity index (χ1v) is 12.0. The first-order chi connectivity index (χ1) is 14.5. The van der Waals surface area contributed by atoms with Crippen LogP contribution >= 0.6 is 23.1 Å². The summed E-state index contributed by atoms with van der Waals surface area (Å²) in [5.74, 6) is 1.55. The normalized spacial score (nSPS) is 17.4. The summed E-state index contributed by atoms with van der Waals surface area (Å²) in [5.41, 5.74) is 12.0. The molecular weight excluding hydrogens is 410 g/mol. The molecule has 1 aromatic heterocycles. The Balaban J connectivity index is 1.44. The molecule has 1 fully saturated rings. The van der Waals surface area contributed by atoms with E-state index >= 15 is 0 Å². The maximum Gasteiger partial charge on any atom is 0.123 e. The Morgan fingerprint density at radius 2 is 1.97 bits per heavy atom. The van der Waals surface area contributed by atoms with Crippen molar-refractivity contribution in [2.24, 2.45) is 10.7 Å². The Hall–Kier alpha value is -2.06. The summed E-state index contributed by atoms with van der Waals surface area (Å²) in [6.45, 7) is 13.6. The fraction of sp³-hybridized carbons (Fsp3) is 0.348. The van der Waals surface area contributed by atoms with Crippen molar-refractivity contribution in [1.82, 2.24) is 10.2 Å². The number of hydrogen-bond acceptors (Lipinski definition) is 7. The number of anilines is 1. The number of rotatable bonds is 6. The van der Waals surface area contributed by atoms with Crippen LogP contribution in [0.2, 0.25) is 0 Å². The second kappa shape index (κ2) is 9.39. The molecule has 30 heavy (non-hydrogen) atoms. The summed E-state index contributed by atoms with van der Waals surface area (Å²) < 4.78 is 0. The quantitative estimate of drug-likeness (QED) is 0.586. The first-order valence-electron chi connectivity index (χ1n) is 10.2. The van der Waals surface area contributed by atoms with Gasteiger partial charge in [-0.3, -0.25) is 4.90 Å². The highest BCUT2D eigenvalue weighted by Crippen LogP contribution is 2.39. The minimum Gasteiger partial charge on any atom is -0.397 e. The lowest BCUT2D eigenvalue weighted by Crippen LogP contribution is -2.42. The molecule has 0 saturated carbocycles. The number of nitrogens with zero attached hydrogens (tertiary/aromatic N) is 2.